The van der Waals surface area contributed by atoms with Crippen molar-refractivity contribution < 1.29 is 0 Å². The lowest BCUT2D eigenvalue weighted by Gasteiger charge is -2.16. The van der Waals surface area contributed by atoms with E-state index < -0.39 is 0 Å². The van der Waals surface area contributed by atoms with E-state index in [2.05, 4.69) is 54.1 Å². The van der Waals surface area contributed by atoms with Crippen LogP contribution in [-0.2, 0) is 0 Å². The van der Waals surface area contributed by atoms with Crippen LogP contribution in [0.4, 0.5) is 0 Å². The zero-order valence-electron chi connectivity index (χ0n) is 15.8. The quantitative estimate of drug-likeness (QED) is 0.533. The Balaban J connectivity index is 2.09. The van der Waals surface area contributed by atoms with Crippen LogP contribution in [0.25, 0.3) is 32.9 Å². The Morgan fingerprint density at radius 3 is 2.56 bits per heavy atom. The maximum absolute atomic E-state index is 12.5. The van der Waals surface area contributed by atoms with Crippen LogP contribution in [-0.4, -0.2) is 16.5 Å². The summed E-state index contributed by atoms with van der Waals surface area (Å²) in [6.07, 6.45) is 1.66. The van der Waals surface area contributed by atoms with Crippen molar-refractivity contribution in [2.75, 3.05) is 6.54 Å². The van der Waals surface area contributed by atoms with Crippen molar-refractivity contribution in [3.05, 3.63) is 75.7 Å². The van der Waals surface area contributed by atoms with Gasteiger partial charge >= 0.3 is 0 Å². The van der Waals surface area contributed by atoms with Crippen molar-refractivity contribution in [2.45, 2.75) is 26.7 Å². The third-order valence-electron chi connectivity index (χ3n) is 5.37. The van der Waals surface area contributed by atoms with Gasteiger partial charge in [-0.2, -0.15) is 0 Å². The molecule has 27 heavy (non-hydrogen) atoms. The molecule has 1 unspecified atom stereocenters. The second kappa shape index (κ2) is 6.63. The molecule has 136 valence electrons. The predicted octanol–water partition coefficient (Wildman–Crippen LogP) is 4.42. The van der Waals surface area contributed by atoms with E-state index in [9.17, 15) is 4.79 Å². The van der Waals surface area contributed by atoms with Gasteiger partial charge in [0.1, 0.15) is 5.52 Å². The predicted molar refractivity (Wildman–Crippen MR) is 112 cm³/mol. The highest BCUT2D eigenvalue weighted by Gasteiger charge is 2.16. The van der Waals surface area contributed by atoms with E-state index in [1.807, 2.05) is 19.1 Å². The molecule has 4 heteroatoms. The second-order valence-electron chi connectivity index (χ2n) is 7.25. The minimum absolute atomic E-state index is 0.150. The average molecular weight is 357 g/mol. The molecule has 0 saturated carbocycles. The fourth-order valence-electron chi connectivity index (χ4n) is 3.87. The SMILES string of the molecule is Cc1cc(C)c2[nH]c(=O)c3ncccc3c2c1-c1ccc(C(C)CN)cc1. The molecule has 0 radical (unpaired) electrons. The summed E-state index contributed by atoms with van der Waals surface area (Å²) in [5.41, 5.74) is 12.7. The lowest BCUT2D eigenvalue weighted by molar-refractivity contribution is 0.774. The Bertz CT molecular complexity index is 1210. The minimum atomic E-state index is -0.150. The standard InChI is InChI=1S/C23H23N3O/c1-13-11-14(2)21-20(18-5-4-10-25-22(18)23(27)26-21)19(13)17-8-6-16(7-9-17)15(3)12-24/h4-11,15H,12,24H2,1-3H3,(H,26,27). The maximum Gasteiger partial charge on any atom is 0.274 e. The van der Waals surface area contributed by atoms with E-state index in [1.54, 1.807) is 6.20 Å². The lowest BCUT2D eigenvalue weighted by Crippen LogP contribution is -2.10. The molecule has 4 aromatic rings. The summed E-state index contributed by atoms with van der Waals surface area (Å²) in [5.74, 6) is 0.330. The Kier molecular flexibility index (Phi) is 4.28. The van der Waals surface area contributed by atoms with Crippen molar-refractivity contribution in [3.63, 3.8) is 0 Å². The van der Waals surface area contributed by atoms with Crippen molar-refractivity contribution >= 4 is 21.8 Å². The first-order valence-corrected chi connectivity index (χ1v) is 9.22. The molecular weight excluding hydrogens is 334 g/mol. The van der Waals surface area contributed by atoms with Gasteiger partial charge in [-0.05, 0) is 60.2 Å². The maximum atomic E-state index is 12.5. The van der Waals surface area contributed by atoms with Gasteiger partial charge < -0.3 is 10.7 Å². The summed E-state index contributed by atoms with van der Waals surface area (Å²) in [4.78, 5) is 19.9. The number of fused-ring (bicyclic) bond motifs is 3. The summed E-state index contributed by atoms with van der Waals surface area (Å²) < 4.78 is 0. The van der Waals surface area contributed by atoms with Crippen molar-refractivity contribution in [1.82, 2.24) is 9.97 Å². The van der Waals surface area contributed by atoms with Gasteiger partial charge in [-0.25, -0.2) is 0 Å². The molecule has 0 spiro atoms. The van der Waals surface area contributed by atoms with Gasteiger partial charge in [0.25, 0.3) is 5.56 Å². The van der Waals surface area contributed by atoms with Crippen LogP contribution in [0.3, 0.4) is 0 Å². The number of rotatable bonds is 3. The zero-order chi connectivity index (χ0) is 19.1. The first-order chi connectivity index (χ1) is 13.0. The number of aromatic amines is 1. The van der Waals surface area contributed by atoms with Gasteiger partial charge in [0, 0.05) is 17.0 Å². The first kappa shape index (κ1) is 17.4. The second-order valence-corrected chi connectivity index (χ2v) is 7.25. The van der Waals surface area contributed by atoms with E-state index in [0.29, 0.717) is 18.0 Å². The molecular formula is C23H23N3O. The highest BCUT2D eigenvalue weighted by Crippen LogP contribution is 2.36. The van der Waals surface area contributed by atoms with Crippen LogP contribution in [0, 0.1) is 13.8 Å². The molecule has 0 aliphatic carbocycles. The fourth-order valence-corrected chi connectivity index (χ4v) is 3.87. The highest BCUT2D eigenvalue weighted by atomic mass is 16.1. The van der Waals surface area contributed by atoms with Crippen LogP contribution >= 0.6 is 0 Å². The molecule has 2 aromatic heterocycles. The van der Waals surface area contributed by atoms with E-state index in [-0.39, 0.29) is 5.56 Å². The van der Waals surface area contributed by atoms with Crippen LogP contribution in [0.5, 0.6) is 0 Å². The van der Waals surface area contributed by atoms with Crippen molar-refractivity contribution in [1.29, 1.82) is 0 Å². The molecule has 4 nitrogen and oxygen atoms in total. The number of nitrogens with zero attached hydrogens (tertiary/aromatic N) is 1. The number of hydrogen-bond acceptors (Lipinski definition) is 3. The average Bonchev–Trinajstić information content (AvgIpc) is 2.69. The summed E-state index contributed by atoms with van der Waals surface area (Å²) in [6, 6.07) is 14.6. The number of aromatic nitrogens is 2. The summed E-state index contributed by atoms with van der Waals surface area (Å²) >= 11 is 0. The molecule has 0 aliphatic rings. The molecule has 0 fully saturated rings. The smallest absolute Gasteiger partial charge is 0.274 e. The third kappa shape index (κ3) is 2.82. The zero-order valence-corrected chi connectivity index (χ0v) is 15.8. The van der Waals surface area contributed by atoms with Crippen LogP contribution < -0.4 is 11.3 Å². The topological polar surface area (TPSA) is 71.8 Å². The minimum Gasteiger partial charge on any atom is -0.330 e. The molecule has 4 rings (SSSR count). The summed E-state index contributed by atoms with van der Waals surface area (Å²) in [7, 11) is 0. The molecule has 0 saturated heterocycles. The van der Waals surface area contributed by atoms with Crippen LogP contribution in [0.15, 0.2) is 53.5 Å². The van der Waals surface area contributed by atoms with Crippen LogP contribution in [0.1, 0.15) is 29.5 Å². The van der Waals surface area contributed by atoms with E-state index in [0.717, 1.165) is 33.0 Å². The monoisotopic (exact) mass is 357 g/mol. The normalized spacial score (nSPS) is 12.6. The van der Waals surface area contributed by atoms with Crippen LogP contribution in [0.2, 0.25) is 0 Å². The van der Waals surface area contributed by atoms with E-state index in [1.165, 1.54) is 11.1 Å². The van der Waals surface area contributed by atoms with Crippen molar-refractivity contribution in [3.8, 4) is 11.1 Å². The fraction of sp³-hybridized carbons (Fsp3) is 0.217. The summed E-state index contributed by atoms with van der Waals surface area (Å²) in [5, 5.41) is 1.94. The molecule has 0 aliphatic heterocycles. The van der Waals surface area contributed by atoms with Gasteiger partial charge in [-0.15, -0.1) is 0 Å². The molecule has 1 atom stereocenters. The van der Waals surface area contributed by atoms with Crippen molar-refractivity contribution in [2.24, 2.45) is 5.73 Å². The Hall–Kier alpha value is -2.98. The molecule has 0 bridgehead atoms. The van der Waals surface area contributed by atoms with E-state index in [4.69, 9.17) is 5.73 Å². The first-order valence-electron chi connectivity index (χ1n) is 9.22. The Labute approximate surface area is 158 Å². The molecule has 0 amide bonds. The Morgan fingerprint density at radius 2 is 1.85 bits per heavy atom. The largest absolute Gasteiger partial charge is 0.330 e. The molecule has 2 heterocycles. The number of nitrogens with two attached hydrogens (primary N) is 1. The number of H-pyrrole nitrogens is 1. The van der Waals surface area contributed by atoms with Gasteiger partial charge in [0.05, 0.1) is 5.52 Å². The number of aryl methyl sites for hydroxylation is 2. The molecule has 2 aromatic carbocycles. The number of hydrogen-bond donors (Lipinski definition) is 2. The van der Waals surface area contributed by atoms with E-state index >= 15 is 0 Å². The highest BCUT2D eigenvalue weighted by molar-refractivity contribution is 6.13. The summed E-state index contributed by atoms with van der Waals surface area (Å²) in [6.45, 7) is 6.91. The van der Waals surface area contributed by atoms with Gasteiger partial charge in [0.2, 0.25) is 0 Å². The van der Waals surface area contributed by atoms with Gasteiger partial charge in [-0.1, -0.05) is 43.3 Å². The lowest BCUT2D eigenvalue weighted by atomic mass is 9.90. The van der Waals surface area contributed by atoms with Gasteiger partial charge in [-0.3, -0.25) is 9.78 Å². The number of benzene rings is 2. The number of pyridine rings is 2. The third-order valence-corrected chi connectivity index (χ3v) is 5.37. The number of nitrogens with one attached hydrogen (secondary N) is 1. The molecule has 3 N–H and O–H groups in total. The van der Waals surface area contributed by atoms with Gasteiger partial charge in [0.15, 0.2) is 0 Å². The Morgan fingerprint density at radius 1 is 1.11 bits per heavy atom.